The average molecular weight is 284 g/mol. The number of carboxylic acid groups (broad SMARTS) is 1. The molecule has 0 radical (unpaired) electrons. The van der Waals surface area contributed by atoms with Crippen molar-refractivity contribution in [3.63, 3.8) is 0 Å². The molecule has 112 valence electrons. The Kier molecular flexibility index (Phi) is 4.36. The predicted octanol–water partition coefficient (Wildman–Crippen LogP) is 1.58. The first kappa shape index (κ1) is 15.9. The van der Waals surface area contributed by atoms with Crippen molar-refractivity contribution in [2.75, 3.05) is 11.4 Å². The van der Waals surface area contributed by atoms with Crippen molar-refractivity contribution in [3.8, 4) is 0 Å². The fourth-order valence-corrected chi connectivity index (χ4v) is 2.21. The van der Waals surface area contributed by atoms with Crippen LogP contribution in [0.2, 0.25) is 0 Å². The lowest BCUT2D eigenvalue weighted by Crippen LogP contribution is -2.51. The van der Waals surface area contributed by atoms with Crippen LogP contribution >= 0.6 is 0 Å². The van der Waals surface area contributed by atoms with Gasteiger partial charge >= 0.3 is 11.7 Å². The van der Waals surface area contributed by atoms with Crippen LogP contribution in [0.4, 0.5) is 11.5 Å². The Balaban J connectivity index is 3.54. The van der Waals surface area contributed by atoms with E-state index in [1.807, 2.05) is 0 Å². The van der Waals surface area contributed by atoms with Crippen molar-refractivity contribution in [1.29, 1.82) is 0 Å². The fraction of sp³-hybridized carbons (Fsp3) is 0.667. The van der Waals surface area contributed by atoms with Crippen LogP contribution < -0.4 is 4.90 Å². The molecule has 0 amide bonds. The zero-order valence-electron chi connectivity index (χ0n) is 12.4. The SMILES string of the molecule is CCc1nn(C)c(N(CC)C(C)(C)C(=O)O)c1[N+](=O)[O-]. The maximum Gasteiger partial charge on any atom is 0.334 e. The number of rotatable bonds is 6. The molecule has 0 fully saturated rings. The predicted molar refractivity (Wildman–Crippen MR) is 74.0 cm³/mol. The highest BCUT2D eigenvalue weighted by atomic mass is 16.6. The van der Waals surface area contributed by atoms with Gasteiger partial charge in [-0.25, -0.2) is 9.48 Å². The van der Waals surface area contributed by atoms with Crippen LogP contribution in [0, 0.1) is 10.1 Å². The van der Waals surface area contributed by atoms with Crippen LogP contribution in [0.25, 0.3) is 0 Å². The zero-order chi connectivity index (χ0) is 15.7. The summed E-state index contributed by atoms with van der Waals surface area (Å²) in [6.07, 6.45) is 0.412. The Morgan fingerprint density at radius 2 is 2.05 bits per heavy atom. The third-order valence-electron chi connectivity index (χ3n) is 3.35. The van der Waals surface area contributed by atoms with E-state index >= 15 is 0 Å². The lowest BCUT2D eigenvalue weighted by molar-refractivity contribution is -0.384. The molecule has 0 saturated heterocycles. The van der Waals surface area contributed by atoms with Gasteiger partial charge in [0.25, 0.3) is 0 Å². The molecule has 8 heteroatoms. The summed E-state index contributed by atoms with van der Waals surface area (Å²) in [6.45, 7) is 6.88. The van der Waals surface area contributed by atoms with Crippen molar-refractivity contribution in [2.24, 2.45) is 7.05 Å². The number of nitro groups is 1. The number of aliphatic carboxylic acids is 1. The Labute approximate surface area is 117 Å². The molecule has 0 unspecified atom stereocenters. The van der Waals surface area contributed by atoms with E-state index in [1.54, 1.807) is 20.9 Å². The third kappa shape index (κ3) is 2.45. The summed E-state index contributed by atoms with van der Waals surface area (Å²) < 4.78 is 1.38. The molecule has 0 saturated carbocycles. The smallest absolute Gasteiger partial charge is 0.334 e. The standard InChI is InChI=1S/C12H20N4O4/c1-6-8-9(16(19)20)10(14(5)13-8)15(7-2)12(3,4)11(17)18/h6-7H2,1-5H3,(H,17,18). The largest absolute Gasteiger partial charge is 0.480 e. The van der Waals surface area contributed by atoms with Gasteiger partial charge in [0.05, 0.1) is 4.92 Å². The van der Waals surface area contributed by atoms with Crippen LogP contribution in [-0.4, -0.2) is 37.9 Å². The second-order valence-corrected chi connectivity index (χ2v) is 4.96. The van der Waals surface area contributed by atoms with Crippen molar-refractivity contribution < 1.29 is 14.8 Å². The Morgan fingerprint density at radius 3 is 2.40 bits per heavy atom. The molecule has 1 rings (SSSR count). The quantitative estimate of drug-likeness (QED) is 0.628. The zero-order valence-corrected chi connectivity index (χ0v) is 12.4. The minimum Gasteiger partial charge on any atom is -0.480 e. The van der Waals surface area contributed by atoms with Gasteiger partial charge in [0.1, 0.15) is 11.2 Å². The minimum atomic E-state index is -1.27. The van der Waals surface area contributed by atoms with Gasteiger partial charge in [-0.2, -0.15) is 5.10 Å². The first-order chi connectivity index (χ1) is 9.18. The van der Waals surface area contributed by atoms with E-state index in [2.05, 4.69) is 5.10 Å². The Bertz CT molecular complexity index is 536. The number of carbonyl (C=O) groups is 1. The Morgan fingerprint density at radius 1 is 1.50 bits per heavy atom. The van der Waals surface area contributed by atoms with E-state index in [0.29, 0.717) is 18.7 Å². The highest BCUT2D eigenvalue weighted by Gasteiger charge is 2.40. The molecular formula is C12H20N4O4. The number of nitrogens with zero attached hydrogens (tertiary/aromatic N) is 4. The molecule has 0 aliphatic heterocycles. The second kappa shape index (κ2) is 5.48. The summed E-state index contributed by atoms with van der Waals surface area (Å²) in [5, 5.41) is 24.8. The van der Waals surface area contributed by atoms with Gasteiger partial charge in [-0.15, -0.1) is 0 Å². The number of carboxylic acids is 1. The first-order valence-corrected chi connectivity index (χ1v) is 6.39. The highest BCUT2D eigenvalue weighted by molar-refractivity contribution is 5.83. The molecule has 0 aromatic carbocycles. The number of aryl methyl sites for hydroxylation is 2. The van der Waals surface area contributed by atoms with E-state index < -0.39 is 16.4 Å². The summed E-state index contributed by atoms with van der Waals surface area (Å²) in [4.78, 5) is 23.7. The summed E-state index contributed by atoms with van der Waals surface area (Å²) in [6, 6.07) is 0. The summed E-state index contributed by atoms with van der Waals surface area (Å²) in [7, 11) is 1.59. The number of aromatic nitrogens is 2. The monoisotopic (exact) mass is 284 g/mol. The van der Waals surface area contributed by atoms with Crippen molar-refractivity contribution in [2.45, 2.75) is 39.7 Å². The molecule has 1 aromatic heterocycles. The topological polar surface area (TPSA) is 102 Å². The second-order valence-electron chi connectivity index (χ2n) is 4.96. The van der Waals surface area contributed by atoms with Crippen LogP contribution in [-0.2, 0) is 18.3 Å². The molecule has 0 bridgehead atoms. The summed E-state index contributed by atoms with van der Waals surface area (Å²) in [5.74, 6) is -0.824. The number of hydrogen-bond donors (Lipinski definition) is 1. The lowest BCUT2D eigenvalue weighted by Gasteiger charge is -2.35. The third-order valence-corrected chi connectivity index (χ3v) is 3.35. The van der Waals surface area contributed by atoms with Gasteiger partial charge in [-0.05, 0) is 27.2 Å². The normalized spacial score (nSPS) is 11.4. The molecule has 0 spiro atoms. The maximum atomic E-state index is 11.4. The number of likely N-dealkylation sites (N-methyl/N-ethyl adjacent to an activating group) is 1. The van der Waals surface area contributed by atoms with Gasteiger partial charge in [0.2, 0.25) is 5.82 Å². The van der Waals surface area contributed by atoms with Gasteiger partial charge in [-0.1, -0.05) is 6.92 Å². The van der Waals surface area contributed by atoms with Crippen LogP contribution in [0.15, 0.2) is 0 Å². The van der Waals surface area contributed by atoms with Gasteiger partial charge in [0, 0.05) is 13.6 Å². The molecule has 1 heterocycles. The maximum absolute atomic E-state index is 11.4. The van der Waals surface area contributed by atoms with Crippen molar-refractivity contribution in [3.05, 3.63) is 15.8 Å². The molecule has 8 nitrogen and oxygen atoms in total. The fourth-order valence-electron chi connectivity index (χ4n) is 2.21. The minimum absolute atomic E-state index is 0.119. The van der Waals surface area contributed by atoms with Crippen LogP contribution in [0.1, 0.15) is 33.4 Å². The van der Waals surface area contributed by atoms with E-state index in [-0.39, 0.29) is 11.5 Å². The Hall–Kier alpha value is -2.12. The first-order valence-electron chi connectivity index (χ1n) is 6.39. The van der Waals surface area contributed by atoms with E-state index in [0.717, 1.165) is 0 Å². The molecule has 0 aliphatic carbocycles. The van der Waals surface area contributed by atoms with Crippen LogP contribution in [0.5, 0.6) is 0 Å². The lowest BCUT2D eigenvalue weighted by atomic mass is 10.0. The molecule has 1 N–H and O–H groups in total. The highest BCUT2D eigenvalue weighted by Crippen LogP contribution is 2.35. The van der Waals surface area contributed by atoms with Gasteiger partial charge in [0.15, 0.2) is 0 Å². The summed E-state index contributed by atoms with van der Waals surface area (Å²) >= 11 is 0. The van der Waals surface area contributed by atoms with E-state index in [4.69, 9.17) is 0 Å². The van der Waals surface area contributed by atoms with Crippen molar-refractivity contribution >= 4 is 17.5 Å². The number of anilines is 1. The van der Waals surface area contributed by atoms with E-state index in [9.17, 15) is 20.0 Å². The molecular weight excluding hydrogens is 264 g/mol. The van der Waals surface area contributed by atoms with E-state index in [1.165, 1.54) is 23.4 Å². The van der Waals surface area contributed by atoms with Gasteiger partial charge < -0.3 is 10.0 Å². The summed E-state index contributed by atoms with van der Waals surface area (Å²) in [5.41, 5.74) is -1.03. The number of hydrogen-bond acceptors (Lipinski definition) is 5. The molecule has 0 atom stereocenters. The molecule has 0 aliphatic rings. The molecule has 20 heavy (non-hydrogen) atoms. The van der Waals surface area contributed by atoms with Gasteiger partial charge in [-0.3, -0.25) is 10.1 Å². The van der Waals surface area contributed by atoms with Crippen molar-refractivity contribution in [1.82, 2.24) is 9.78 Å². The van der Waals surface area contributed by atoms with Crippen LogP contribution in [0.3, 0.4) is 0 Å². The average Bonchev–Trinajstić information content (AvgIpc) is 2.67. The molecule has 1 aromatic rings.